The van der Waals surface area contributed by atoms with Crippen LogP contribution in [0.4, 0.5) is 0 Å². The van der Waals surface area contributed by atoms with Crippen LogP contribution in [0.5, 0.6) is 0 Å². The zero-order valence-corrected chi connectivity index (χ0v) is 18.7. The fourth-order valence-corrected chi connectivity index (χ4v) is 6.49. The molecule has 0 unspecified atom stereocenters. The van der Waals surface area contributed by atoms with E-state index in [-0.39, 0.29) is 18.4 Å². The number of piperidine rings is 2. The Morgan fingerprint density at radius 3 is 2.38 bits per heavy atom. The zero-order chi connectivity index (χ0) is 21.0. The van der Waals surface area contributed by atoms with Crippen molar-refractivity contribution in [2.75, 3.05) is 32.7 Å². The maximum atomic E-state index is 13.1. The Morgan fingerprint density at radius 1 is 1.07 bits per heavy atom. The SMILES string of the molecule is Cc1ccc(CCNC(=O)[C@H]2CCCN(S(=O)(=O)N3C[C@H](C)C[C@H](C)C3)C2)cc1. The number of amides is 1. The first kappa shape index (κ1) is 22.2. The summed E-state index contributed by atoms with van der Waals surface area (Å²) in [4.78, 5) is 12.6. The van der Waals surface area contributed by atoms with E-state index in [1.807, 2.05) is 0 Å². The molecule has 0 aromatic heterocycles. The van der Waals surface area contributed by atoms with Crippen LogP contribution < -0.4 is 5.32 Å². The van der Waals surface area contributed by atoms with Gasteiger partial charge in [-0.15, -0.1) is 0 Å². The number of nitrogens with one attached hydrogen (secondary N) is 1. The van der Waals surface area contributed by atoms with Gasteiger partial charge in [-0.25, -0.2) is 0 Å². The molecule has 1 aromatic carbocycles. The number of rotatable bonds is 6. The lowest BCUT2D eigenvalue weighted by atomic mass is 9.94. The van der Waals surface area contributed by atoms with Crippen molar-refractivity contribution in [1.29, 1.82) is 0 Å². The van der Waals surface area contributed by atoms with Gasteiger partial charge in [-0.05, 0) is 50.0 Å². The fraction of sp³-hybridized carbons (Fsp3) is 0.682. The molecule has 0 bridgehead atoms. The molecular weight excluding hydrogens is 386 g/mol. The topological polar surface area (TPSA) is 69.7 Å². The van der Waals surface area contributed by atoms with Gasteiger partial charge in [0, 0.05) is 32.7 Å². The average molecular weight is 422 g/mol. The van der Waals surface area contributed by atoms with Gasteiger partial charge in [-0.3, -0.25) is 4.79 Å². The Hall–Kier alpha value is -1.44. The quantitative estimate of drug-likeness (QED) is 0.768. The number of carbonyl (C=O) groups excluding carboxylic acids is 1. The number of hydrogen-bond donors (Lipinski definition) is 1. The highest BCUT2D eigenvalue weighted by Gasteiger charge is 2.38. The van der Waals surface area contributed by atoms with E-state index in [0.29, 0.717) is 38.0 Å². The first-order valence-corrected chi connectivity index (χ1v) is 12.2. The van der Waals surface area contributed by atoms with Gasteiger partial charge in [0.05, 0.1) is 5.92 Å². The highest BCUT2D eigenvalue weighted by Crippen LogP contribution is 2.27. The first-order valence-electron chi connectivity index (χ1n) is 10.8. The van der Waals surface area contributed by atoms with Gasteiger partial charge in [0.1, 0.15) is 0 Å². The van der Waals surface area contributed by atoms with E-state index in [0.717, 1.165) is 25.7 Å². The minimum Gasteiger partial charge on any atom is -0.355 e. The molecule has 2 aliphatic rings. The Kier molecular flexibility index (Phi) is 7.35. The van der Waals surface area contributed by atoms with Crippen molar-refractivity contribution in [2.24, 2.45) is 17.8 Å². The molecule has 0 aliphatic carbocycles. The van der Waals surface area contributed by atoms with Crippen LogP contribution >= 0.6 is 0 Å². The molecule has 1 N–H and O–H groups in total. The van der Waals surface area contributed by atoms with E-state index in [1.54, 1.807) is 4.31 Å². The summed E-state index contributed by atoms with van der Waals surface area (Å²) in [6, 6.07) is 8.31. The Balaban J connectivity index is 1.53. The van der Waals surface area contributed by atoms with Crippen LogP contribution in [0.25, 0.3) is 0 Å². The standard InChI is InChI=1S/C22H35N3O3S/c1-17-6-8-20(9-7-17)10-11-23-22(26)21-5-4-12-24(16-21)29(27,28)25-14-18(2)13-19(3)15-25/h6-9,18-19,21H,4-5,10-16H2,1-3H3,(H,23,26)/t18-,19+,21-/m0/s1. The Bertz CT molecular complexity index is 784. The van der Waals surface area contributed by atoms with Crippen LogP contribution in [0, 0.1) is 24.7 Å². The van der Waals surface area contributed by atoms with E-state index in [2.05, 4.69) is 50.4 Å². The number of aryl methyl sites for hydroxylation is 1. The lowest BCUT2D eigenvalue weighted by Crippen LogP contribution is -2.53. The van der Waals surface area contributed by atoms with E-state index in [9.17, 15) is 13.2 Å². The fourth-order valence-electron chi connectivity index (χ4n) is 4.55. The summed E-state index contributed by atoms with van der Waals surface area (Å²) in [6.45, 7) is 8.81. The van der Waals surface area contributed by atoms with Crippen molar-refractivity contribution >= 4 is 16.1 Å². The Labute approximate surface area is 175 Å². The molecule has 1 aromatic rings. The van der Waals surface area contributed by atoms with Crippen LogP contribution in [-0.4, -0.2) is 55.7 Å². The van der Waals surface area contributed by atoms with Gasteiger partial charge in [-0.1, -0.05) is 43.7 Å². The van der Waals surface area contributed by atoms with E-state index in [1.165, 1.54) is 15.4 Å². The number of hydrogen-bond acceptors (Lipinski definition) is 3. The molecule has 6 nitrogen and oxygen atoms in total. The van der Waals surface area contributed by atoms with Crippen molar-refractivity contribution in [3.8, 4) is 0 Å². The number of carbonyl (C=O) groups is 1. The third kappa shape index (κ3) is 5.80. The van der Waals surface area contributed by atoms with Gasteiger partial charge in [0.2, 0.25) is 5.91 Å². The van der Waals surface area contributed by atoms with Crippen LogP contribution in [0.1, 0.15) is 44.2 Å². The van der Waals surface area contributed by atoms with Gasteiger partial charge >= 0.3 is 0 Å². The monoisotopic (exact) mass is 421 g/mol. The molecule has 7 heteroatoms. The van der Waals surface area contributed by atoms with E-state index in [4.69, 9.17) is 0 Å². The lowest BCUT2D eigenvalue weighted by Gasteiger charge is -2.39. The summed E-state index contributed by atoms with van der Waals surface area (Å²) >= 11 is 0. The van der Waals surface area contributed by atoms with Gasteiger partial charge < -0.3 is 5.32 Å². The zero-order valence-electron chi connectivity index (χ0n) is 17.9. The molecule has 2 fully saturated rings. The molecule has 1 amide bonds. The normalized spacial score (nSPS) is 26.9. The van der Waals surface area contributed by atoms with Crippen molar-refractivity contribution < 1.29 is 13.2 Å². The molecule has 2 aliphatic heterocycles. The van der Waals surface area contributed by atoms with Gasteiger partial charge in [-0.2, -0.15) is 17.0 Å². The molecule has 2 heterocycles. The first-order chi connectivity index (χ1) is 13.8. The van der Waals surface area contributed by atoms with Crippen molar-refractivity contribution in [3.63, 3.8) is 0 Å². The minimum absolute atomic E-state index is 0.0302. The molecule has 0 spiro atoms. The van der Waals surface area contributed by atoms with Crippen LogP contribution in [-0.2, 0) is 21.4 Å². The summed E-state index contributed by atoms with van der Waals surface area (Å²) in [5, 5.41) is 3.01. The second-order valence-corrected chi connectivity index (χ2v) is 10.9. The average Bonchev–Trinajstić information content (AvgIpc) is 2.69. The molecule has 3 atom stereocenters. The molecule has 3 rings (SSSR count). The van der Waals surface area contributed by atoms with E-state index >= 15 is 0 Å². The second-order valence-electron chi connectivity index (χ2n) is 8.99. The molecule has 2 saturated heterocycles. The predicted octanol–water partition coefficient (Wildman–Crippen LogP) is 2.59. The third-order valence-corrected chi connectivity index (χ3v) is 8.01. The molecule has 0 saturated carbocycles. The van der Waals surface area contributed by atoms with Crippen molar-refractivity contribution in [1.82, 2.24) is 13.9 Å². The largest absolute Gasteiger partial charge is 0.355 e. The molecule has 29 heavy (non-hydrogen) atoms. The van der Waals surface area contributed by atoms with Crippen LogP contribution in [0.2, 0.25) is 0 Å². The Morgan fingerprint density at radius 2 is 1.72 bits per heavy atom. The molecule has 0 radical (unpaired) electrons. The van der Waals surface area contributed by atoms with Crippen molar-refractivity contribution in [2.45, 2.75) is 46.5 Å². The van der Waals surface area contributed by atoms with Gasteiger partial charge in [0.25, 0.3) is 10.2 Å². The summed E-state index contributed by atoms with van der Waals surface area (Å²) < 4.78 is 29.5. The van der Waals surface area contributed by atoms with Crippen LogP contribution in [0.3, 0.4) is 0 Å². The number of nitrogens with zero attached hydrogens (tertiary/aromatic N) is 2. The summed E-state index contributed by atoms with van der Waals surface area (Å²) in [5.74, 6) is 0.451. The predicted molar refractivity (Wildman–Crippen MR) is 116 cm³/mol. The maximum Gasteiger partial charge on any atom is 0.282 e. The molecular formula is C22H35N3O3S. The van der Waals surface area contributed by atoms with E-state index < -0.39 is 10.2 Å². The molecule has 162 valence electrons. The highest BCUT2D eigenvalue weighted by molar-refractivity contribution is 7.86. The minimum atomic E-state index is -3.50. The summed E-state index contributed by atoms with van der Waals surface area (Å²) in [6.07, 6.45) is 3.33. The maximum absolute atomic E-state index is 13.1. The number of benzene rings is 1. The van der Waals surface area contributed by atoms with Crippen LogP contribution in [0.15, 0.2) is 24.3 Å². The third-order valence-electron chi connectivity index (χ3n) is 6.08. The highest BCUT2D eigenvalue weighted by atomic mass is 32.2. The lowest BCUT2D eigenvalue weighted by molar-refractivity contribution is -0.126. The van der Waals surface area contributed by atoms with Gasteiger partial charge in [0.15, 0.2) is 0 Å². The summed E-state index contributed by atoms with van der Waals surface area (Å²) in [7, 11) is -3.50. The smallest absolute Gasteiger partial charge is 0.282 e. The van der Waals surface area contributed by atoms with Crippen molar-refractivity contribution in [3.05, 3.63) is 35.4 Å². The second kappa shape index (κ2) is 9.58. The summed E-state index contributed by atoms with van der Waals surface area (Å²) in [5.41, 5.74) is 2.41.